The number of hydrogen-bond acceptors (Lipinski definition) is 4. The smallest absolute Gasteiger partial charge is 0.313 e. The number of hydrogen-bond donors (Lipinski definition) is 2. The normalized spacial score (nSPS) is 13.3. The second-order valence-electron chi connectivity index (χ2n) is 6.46. The van der Waals surface area contributed by atoms with Gasteiger partial charge in [-0.1, -0.05) is 0 Å². The first-order valence-corrected chi connectivity index (χ1v) is 8.56. The van der Waals surface area contributed by atoms with Gasteiger partial charge in [-0.05, 0) is 62.6 Å². The summed E-state index contributed by atoms with van der Waals surface area (Å²) in [5.41, 5.74) is 2.26. The van der Waals surface area contributed by atoms with Gasteiger partial charge >= 0.3 is 11.8 Å². The van der Waals surface area contributed by atoms with Gasteiger partial charge in [-0.15, -0.1) is 0 Å². The molecule has 1 aliphatic heterocycles. The van der Waals surface area contributed by atoms with E-state index in [9.17, 15) is 14.4 Å². The number of furan rings is 1. The van der Waals surface area contributed by atoms with Gasteiger partial charge < -0.3 is 20.0 Å². The van der Waals surface area contributed by atoms with Crippen molar-refractivity contribution in [1.29, 1.82) is 0 Å². The van der Waals surface area contributed by atoms with Crippen LogP contribution in [0, 0.1) is 0 Å². The Kier molecular flexibility index (Phi) is 5.06. The van der Waals surface area contributed by atoms with Crippen LogP contribution in [-0.4, -0.2) is 30.3 Å². The Morgan fingerprint density at radius 3 is 2.65 bits per heavy atom. The largest absolute Gasteiger partial charge is 0.459 e. The van der Waals surface area contributed by atoms with Crippen molar-refractivity contribution in [2.24, 2.45) is 0 Å². The molecule has 1 aliphatic rings. The van der Waals surface area contributed by atoms with Gasteiger partial charge in [-0.25, -0.2) is 0 Å². The second-order valence-corrected chi connectivity index (χ2v) is 6.46. The van der Waals surface area contributed by atoms with Crippen molar-refractivity contribution in [3.63, 3.8) is 0 Å². The topological polar surface area (TPSA) is 91.7 Å². The van der Waals surface area contributed by atoms with Gasteiger partial charge in [0.25, 0.3) is 5.91 Å². The number of carbonyl (C=O) groups excluding carboxylic acids is 3. The van der Waals surface area contributed by atoms with Crippen LogP contribution >= 0.6 is 0 Å². The molecule has 0 unspecified atom stereocenters. The van der Waals surface area contributed by atoms with Crippen LogP contribution < -0.4 is 15.5 Å². The first-order chi connectivity index (χ1) is 12.5. The molecule has 0 saturated heterocycles. The lowest BCUT2D eigenvalue weighted by Gasteiger charge is -2.29. The zero-order valence-corrected chi connectivity index (χ0v) is 14.7. The van der Waals surface area contributed by atoms with E-state index in [4.69, 9.17) is 4.42 Å². The molecule has 0 saturated carbocycles. The van der Waals surface area contributed by atoms with Crippen molar-refractivity contribution >= 4 is 29.1 Å². The van der Waals surface area contributed by atoms with Gasteiger partial charge in [0.15, 0.2) is 5.76 Å². The van der Waals surface area contributed by atoms with E-state index in [-0.39, 0.29) is 11.9 Å². The SMILES string of the molecule is CC(C)NC(=O)C(=O)Nc1ccc2c(c1)CCCN2C(=O)c1ccco1. The highest BCUT2D eigenvalue weighted by Crippen LogP contribution is 2.31. The molecular weight excluding hydrogens is 334 g/mol. The number of anilines is 2. The summed E-state index contributed by atoms with van der Waals surface area (Å²) in [6.45, 7) is 4.18. The zero-order valence-electron chi connectivity index (χ0n) is 14.7. The minimum atomic E-state index is -0.710. The number of amides is 3. The molecule has 26 heavy (non-hydrogen) atoms. The van der Waals surface area contributed by atoms with Gasteiger partial charge in [-0.2, -0.15) is 0 Å². The van der Waals surface area contributed by atoms with Crippen LogP contribution in [0.2, 0.25) is 0 Å². The summed E-state index contributed by atoms with van der Waals surface area (Å²) in [5, 5.41) is 5.14. The molecule has 0 aliphatic carbocycles. The number of benzene rings is 1. The van der Waals surface area contributed by atoms with Crippen LogP contribution in [0.25, 0.3) is 0 Å². The lowest BCUT2D eigenvalue weighted by atomic mass is 10.0. The van der Waals surface area contributed by atoms with Crippen LogP contribution in [0.3, 0.4) is 0 Å². The second kappa shape index (κ2) is 7.43. The molecule has 0 radical (unpaired) electrons. The number of nitrogens with zero attached hydrogens (tertiary/aromatic N) is 1. The van der Waals surface area contributed by atoms with Gasteiger partial charge in [-0.3, -0.25) is 14.4 Å². The Morgan fingerprint density at radius 2 is 1.96 bits per heavy atom. The molecule has 136 valence electrons. The summed E-state index contributed by atoms with van der Waals surface area (Å²) in [6.07, 6.45) is 3.07. The van der Waals surface area contributed by atoms with E-state index in [1.807, 2.05) is 0 Å². The molecule has 2 aromatic rings. The van der Waals surface area contributed by atoms with Crippen LogP contribution in [0.5, 0.6) is 0 Å². The predicted octanol–water partition coefficient (Wildman–Crippen LogP) is 2.34. The summed E-state index contributed by atoms with van der Waals surface area (Å²) in [5.74, 6) is -1.28. The summed E-state index contributed by atoms with van der Waals surface area (Å²) in [7, 11) is 0. The quantitative estimate of drug-likeness (QED) is 0.827. The molecule has 0 atom stereocenters. The molecule has 1 aromatic carbocycles. The standard InChI is InChI=1S/C19H21N3O4/c1-12(2)20-17(23)18(24)21-14-7-8-15-13(11-14)5-3-9-22(15)19(25)16-6-4-10-26-16/h4,6-8,10-12H,3,5,9H2,1-2H3,(H,20,23)(H,21,24). The Morgan fingerprint density at radius 1 is 1.15 bits per heavy atom. The average molecular weight is 355 g/mol. The summed E-state index contributed by atoms with van der Waals surface area (Å²) in [6, 6.07) is 8.48. The first-order valence-electron chi connectivity index (χ1n) is 8.56. The summed E-state index contributed by atoms with van der Waals surface area (Å²) >= 11 is 0. The maximum Gasteiger partial charge on any atom is 0.313 e. The molecule has 3 amide bonds. The van der Waals surface area contributed by atoms with Crippen LogP contribution in [-0.2, 0) is 16.0 Å². The van der Waals surface area contributed by atoms with E-state index in [2.05, 4.69) is 10.6 Å². The monoisotopic (exact) mass is 355 g/mol. The molecule has 1 aromatic heterocycles. The predicted molar refractivity (Wildman–Crippen MR) is 97.1 cm³/mol. The highest BCUT2D eigenvalue weighted by molar-refractivity contribution is 6.39. The number of aryl methyl sites for hydroxylation is 1. The molecule has 0 fully saturated rings. The Bertz CT molecular complexity index is 827. The molecule has 0 bridgehead atoms. The van der Waals surface area contributed by atoms with Gasteiger partial charge in [0, 0.05) is 24.0 Å². The third kappa shape index (κ3) is 3.77. The van der Waals surface area contributed by atoms with Crippen LogP contribution in [0.4, 0.5) is 11.4 Å². The molecule has 2 heterocycles. The van der Waals surface area contributed by atoms with E-state index < -0.39 is 11.8 Å². The Hall–Kier alpha value is -3.09. The number of rotatable bonds is 3. The lowest BCUT2D eigenvalue weighted by molar-refractivity contribution is -0.136. The third-order valence-corrected chi connectivity index (χ3v) is 4.06. The zero-order chi connectivity index (χ0) is 18.7. The molecule has 2 N–H and O–H groups in total. The van der Waals surface area contributed by atoms with Crippen molar-refractivity contribution in [1.82, 2.24) is 5.32 Å². The van der Waals surface area contributed by atoms with Crippen LogP contribution in [0.15, 0.2) is 41.0 Å². The van der Waals surface area contributed by atoms with Gasteiger partial charge in [0.2, 0.25) is 0 Å². The van der Waals surface area contributed by atoms with Crippen molar-refractivity contribution in [3.8, 4) is 0 Å². The first kappa shape index (κ1) is 17.7. The van der Waals surface area contributed by atoms with E-state index in [1.165, 1.54) is 6.26 Å². The highest BCUT2D eigenvalue weighted by atomic mass is 16.3. The van der Waals surface area contributed by atoms with E-state index >= 15 is 0 Å². The minimum Gasteiger partial charge on any atom is -0.459 e. The summed E-state index contributed by atoms with van der Waals surface area (Å²) < 4.78 is 5.21. The average Bonchev–Trinajstić information content (AvgIpc) is 3.14. The Balaban J connectivity index is 1.77. The van der Waals surface area contributed by atoms with Crippen LogP contribution in [0.1, 0.15) is 36.4 Å². The van der Waals surface area contributed by atoms with Gasteiger partial charge in [0.05, 0.1) is 6.26 Å². The molecule has 7 heteroatoms. The van der Waals surface area contributed by atoms with Crippen molar-refractivity contribution in [2.45, 2.75) is 32.7 Å². The van der Waals surface area contributed by atoms with E-state index in [1.54, 1.807) is 49.1 Å². The fourth-order valence-corrected chi connectivity index (χ4v) is 2.93. The maximum absolute atomic E-state index is 12.6. The Labute approximate surface area is 151 Å². The highest BCUT2D eigenvalue weighted by Gasteiger charge is 2.25. The lowest BCUT2D eigenvalue weighted by Crippen LogP contribution is -2.39. The fraction of sp³-hybridized carbons (Fsp3) is 0.316. The molecule has 3 rings (SSSR count). The number of carbonyl (C=O) groups is 3. The van der Waals surface area contributed by atoms with E-state index in [0.29, 0.717) is 18.0 Å². The summed E-state index contributed by atoms with van der Waals surface area (Å²) in [4.78, 5) is 37.9. The van der Waals surface area contributed by atoms with Crippen molar-refractivity contribution in [3.05, 3.63) is 47.9 Å². The molecule has 7 nitrogen and oxygen atoms in total. The number of nitrogens with one attached hydrogen (secondary N) is 2. The fourth-order valence-electron chi connectivity index (χ4n) is 2.93. The third-order valence-electron chi connectivity index (χ3n) is 4.06. The minimum absolute atomic E-state index is 0.113. The maximum atomic E-state index is 12.6. The van der Waals surface area contributed by atoms with Gasteiger partial charge in [0.1, 0.15) is 0 Å². The number of fused-ring (bicyclic) bond motifs is 1. The van der Waals surface area contributed by atoms with E-state index in [0.717, 1.165) is 24.1 Å². The molecular formula is C19H21N3O4. The molecule has 0 spiro atoms. The van der Waals surface area contributed by atoms with Crippen molar-refractivity contribution in [2.75, 3.05) is 16.8 Å². The van der Waals surface area contributed by atoms with Crippen molar-refractivity contribution < 1.29 is 18.8 Å².